The molecule has 0 aliphatic rings. The summed E-state index contributed by atoms with van der Waals surface area (Å²) in [5.74, 6) is 0.622. The Balaban J connectivity index is 2.88. The molecule has 0 aliphatic heterocycles. The third-order valence-corrected chi connectivity index (χ3v) is 2.44. The summed E-state index contributed by atoms with van der Waals surface area (Å²) in [7, 11) is 1.55. The van der Waals surface area contributed by atoms with E-state index in [1.54, 1.807) is 25.3 Å². The Morgan fingerprint density at radius 1 is 1.28 bits per heavy atom. The van der Waals surface area contributed by atoms with Crippen LogP contribution in [0.25, 0.3) is 0 Å². The number of para-hydroxylation sites is 1. The smallest absolute Gasteiger partial charge is 0.342 e. The number of unbranched alkanes of at least 4 members (excludes halogenated alkanes) is 1. The van der Waals surface area contributed by atoms with E-state index < -0.39 is 0 Å². The van der Waals surface area contributed by atoms with Gasteiger partial charge < -0.3 is 14.2 Å². The fourth-order valence-corrected chi connectivity index (χ4v) is 1.52. The van der Waals surface area contributed by atoms with E-state index in [9.17, 15) is 4.79 Å². The summed E-state index contributed by atoms with van der Waals surface area (Å²) in [6.45, 7) is 4.80. The second-order valence-corrected chi connectivity index (χ2v) is 3.76. The highest BCUT2D eigenvalue weighted by Crippen LogP contribution is 2.31. The molecule has 100 valence electrons. The average molecular weight is 252 g/mol. The van der Waals surface area contributed by atoms with Crippen molar-refractivity contribution >= 4 is 5.97 Å². The van der Waals surface area contributed by atoms with Crippen molar-refractivity contribution in [1.29, 1.82) is 0 Å². The number of hydrogen-bond donors (Lipinski definition) is 0. The van der Waals surface area contributed by atoms with Gasteiger partial charge in [-0.1, -0.05) is 19.4 Å². The maximum Gasteiger partial charge on any atom is 0.342 e. The van der Waals surface area contributed by atoms with E-state index in [-0.39, 0.29) is 5.97 Å². The van der Waals surface area contributed by atoms with Gasteiger partial charge in [0.05, 0.1) is 20.3 Å². The molecule has 0 radical (unpaired) electrons. The predicted molar refractivity (Wildman–Crippen MR) is 69.4 cm³/mol. The number of ether oxygens (including phenoxy) is 3. The lowest BCUT2D eigenvalue weighted by Crippen LogP contribution is -2.09. The quantitative estimate of drug-likeness (QED) is 0.552. The van der Waals surface area contributed by atoms with Crippen molar-refractivity contribution < 1.29 is 19.0 Å². The van der Waals surface area contributed by atoms with Gasteiger partial charge in [-0.15, -0.1) is 0 Å². The molecule has 0 spiro atoms. The minimum atomic E-state index is -0.370. The van der Waals surface area contributed by atoms with E-state index in [0.717, 1.165) is 12.8 Å². The number of rotatable bonds is 7. The summed E-state index contributed by atoms with van der Waals surface area (Å²) in [6.07, 6.45) is 1.85. The Labute approximate surface area is 108 Å². The maximum atomic E-state index is 11.9. The van der Waals surface area contributed by atoms with Gasteiger partial charge in [0.1, 0.15) is 5.56 Å². The highest BCUT2D eigenvalue weighted by atomic mass is 16.5. The molecule has 0 fully saturated rings. The van der Waals surface area contributed by atoms with Crippen LogP contribution in [0.4, 0.5) is 0 Å². The molecule has 1 aromatic rings. The molecule has 4 heteroatoms. The summed E-state index contributed by atoms with van der Waals surface area (Å²) < 4.78 is 15.8. The zero-order chi connectivity index (χ0) is 13.4. The fraction of sp³-hybridized carbons (Fsp3) is 0.500. The lowest BCUT2D eigenvalue weighted by atomic mass is 10.2. The molecule has 1 rings (SSSR count). The molecule has 0 heterocycles. The second-order valence-electron chi connectivity index (χ2n) is 3.76. The molecule has 4 nitrogen and oxygen atoms in total. The van der Waals surface area contributed by atoms with Crippen LogP contribution >= 0.6 is 0 Å². The van der Waals surface area contributed by atoms with Crippen molar-refractivity contribution in [3.8, 4) is 11.5 Å². The van der Waals surface area contributed by atoms with Crippen LogP contribution in [-0.4, -0.2) is 26.3 Å². The van der Waals surface area contributed by atoms with Crippen LogP contribution < -0.4 is 9.47 Å². The van der Waals surface area contributed by atoms with Crippen LogP contribution in [0.1, 0.15) is 37.0 Å². The normalized spacial score (nSPS) is 9.94. The van der Waals surface area contributed by atoms with Crippen molar-refractivity contribution in [2.24, 2.45) is 0 Å². The molecule has 0 amide bonds. The standard InChI is InChI=1S/C14H20O4/c1-4-6-10-18-14(15)11-8-7-9-12(16-3)13(11)17-5-2/h7-9H,4-6,10H2,1-3H3. The molecule has 0 aromatic heterocycles. The van der Waals surface area contributed by atoms with Crippen LogP contribution in [0.3, 0.4) is 0 Å². The Morgan fingerprint density at radius 2 is 2.06 bits per heavy atom. The second kappa shape index (κ2) is 7.58. The molecule has 0 aliphatic carbocycles. The largest absolute Gasteiger partial charge is 0.493 e. The van der Waals surface area contributed by atoms with Gasteiger partial charge in [0, 0.05) is 0 Å². The zero-order valence-electron chi connectivity index (χ0n) is 11.2. The van der Waals surface area contributed by atoms with Gasteiger partial charge in [-0.2, -0.15) is 0 Å². The first-order valence-corrected chi connectivity index (χ1v) is 6.21. The molecular weight excluding hydrogens is 232 g/mol. The van der Waals surface area contributed by atoms with E-state index >= 15 is 0 Å². The first kappa shape index (κ1) is 14.4. The highest BCUT2D eigenvalue weighted by Gasteiger charge is 2.17. The minimum absolute atomic E-state index is 0.370. The monoisotopic (exact) mass is 252 g/mol. The fourth-order valence-electron chi connectivity index (χ4n) is 1.52. The molecule has 0 atom stereocenters. The van der Waals surface area contributed by atoms with E-state index in [0.29, 0.717) is 30.3 Å². The van der Waals surface area contributed by atoms with Gasteiger partial charge in [0.25, 0.3) is 0 Å². The van der Waals surface area contributed by atoms with Crippen LogP contribution in [0.15, 0.2) is 18.2 Å². The van der Waals surface area contributed by atoms with Crippen molar-refractivity contribution in [2.75, 3.05) is 20.3 Å². The molecule has 0 bridgehead atoms. The third kappa shape index (κ3) is 3.65. The summed E-state index contributed by atoms with van der Waals surface area (Å²) in [5, 5.41) is 0. The van der Waals surface area contributed by atoms with Crippen LogP contribution in [0.2, 0.25) is 0 Å². The van der Waals surface area contributed by atoms with Gasteiger partial charge in [-0.05, 0) is 25.5 Å². The molecule has 1 aromatic carbocycles. The van der Waals surface area contributed by atoms with Gasteiger partial charge >= 0.3 is 5.97 Å². The molecule has 0 unspecified atom stereocenters. The summed E-state index contributed by atoms with van der Waals surface area (Å²) in [6, 6.07) is 5.19. The van der Waals surface area contributed by atoms with Gasteiger partial charge in [-0.3, -0.25) is 0 Å². The van der Waals surface area contributed by atoms with E-state index in [4.69, 9.17) is 14.2 Å². The number of carbonyl (C=O) groups excluding carboxylic acids is 1. The number of hydrogen-bond acceptors (Lipinski definition) is 4. The van der Waals surface area contributed by atoms with E-state index in [1.807, 2.05) is 13.8 Å². The number of methoxy groups -OCH3 is 1. The minimum Gasteiger partial charge on any atom is -0.493 e. The number of esters is 1. The van der Waals surface area contributed by atoms with Gasteiger partial charge in [0.2, 0.25) is 0 Å². The summed E-state index contributed by atoms with van der Waals surface area (Å²) in [4.78, 5) is 11.9. The van der Waals surface area contributed by atoms with Gasteiger partial charge in [0.15, 0.2) is 11.5 Å². The highest BCUT2D eigenvalue weighted by molar-refractivity contribution is 5.93. The van der Waals surface area contributed by atoms with Crippen molar-refractivity contribution in [3.05, 3.63) is 23.8 Å². The van der Waals surface area contributed by atoms with Crippen molar-refractivity contribution in [3.63, 3.8) is 0 Å². The van der Waals surface area contributed by atoms with Gasteiger partial charge in [-0.25, -0.2) is 4.79 Å². The third-order valence-electron chi connectivity index (χ3n) is 2.44. The first-order valence-electron chi connectivity index (χ1n) is 6.21. The van der Waals surface area contributed by atoms with E-state index in [1.165, 1.54) is 0 Å². The number of carbonyl (C=O) groups is 1. The number of benzene rings is 1. The maximum absolute atomic E-state index is 11.9. The summed E-state index contributed by atoms with van der Waals surface area (Å²) >= 11 is 0. The molecule has 0 N–H and O–H groups in total. The molecule has 0 saturated heterocycles. The van der Waals surface area contributed by atoms with Crippen LogP contribution in [-0.2, 0) is 4.74 Å². The van der Waals surface area contributed by atoms with Crippen LogP contribution in [0, 0.1) is 0 Å². The molecule has 0 saturated carbocycles. The topological polar surface area (TPSA) is 44.8 Å². The first-order chi connectivity index (χ1) is 8.74. The van der Waals surface area contributed by atoms with Crippen molar-refractivity contribution in [1.82, 2.24) is 0 Å². The van der Waals surface area contributed by atoms with E-state index in [2.05, 4.69) is 0 Å². The Bertz CT molecular complexity index is 387. The predicted octanol–water partition coefficient (Wildman–Crippen LogP) is 3.05. The zero-order valence-corrected chi connectivity index (χ0v) is 11.2. The molecule has 18 heavy (non-hydrogen) atoms. The Kier molecular flexibility index (Phi) is 6.05. The van der Waals surface area contributed by atoms with Crippen molar-refractivity contribution in [2.45, 2.75) is 26.7 Å². The SMILES string of the molecule is CCCCOC(=O)c1cccc(OC)c1OCC. The van der Waals surface area contributed by atoms with Crippen LogP contribution in [0.5, 0.6) is 11.5 Å². The Morgan fingerprint density at radius 3 is 2.67 bits per heavy atom. The lowest BCUT2D eigenvalue weighted by Gasteiger charge is -2.13. The summed E-state index contributed by atoms with van der Waals surface area (Å²) in [5.41, 5.74) is 0.410. The average Bonchev–Trinajstić information content (AvgIpc) is 2.39. The Hall–Kier alpha value is -1.71. The lowest BCUT2D eigenvalue weighted by molar-refractivity contribution is 0.0494. The molecular formula is C14H20O4.